The fourth-order valence-electron chi connectivity index (χ4n) is 2.49. The quantitative estimate of drug-likeness (QED) is 0.452. The molecule has 1 heterocycles. The van der Waals surface area contributed by atoms with Crippen LogP contribution in [-0.4, -0.2) is 23.1 Å². The van der Waals surface area contributed by atoms with Crippen molar-refractivity contribution < 1.29 is 14.3 Å². The van der Waals surface area contributed by atoms with Crippen molar-refractivity contribution in [3.05, 3.63) is 62.9 Å². The Kier molecular flexibility index (Phi) is 5.89. The number of aromatic nitrogens is 1. The second kappa shape index (κ2) is 8.33. The smallest absolute Gasteiger partial charge is 0.338 e. The third-order valence-electron chi connectivity index (χ3n) is 3.73. The van der Waals surface area contributed by atoms with Crippen LogP contribution in [0.5, 0.6) is 0 Å². The third-order valence-corrected chi connectivity index (χ3v) is 5.30. The fraction of sp³-hybridized carbons (Fsp3) is 0.150. The van der Waals surface area contributed by atoms with Crippen LogP contribution >= 0.6 is 27.3 Å². The highest BCUT2D eigenvalue weighted by molar-refractivity contribution is 9.10. The van der Waals surface area contributed by atoms with Gasteiger partial charge < -0.3 is 9.30 Å². The van der Waals surface area contributed by atoms with Gasteiger partial charge >= 0.3 is 5.97 Å². The van der Waals surface area contributed by atoms with Gasteiger partial charge in [-0.15, -0.1) is 6.42 Å². The van der Waals surface area contributed by atoms with Crippen molar-refractivity contribution in [1.29, 1.82) is 0 Å². The van der Waals surface area contributed by atoms with E-state index in [2.05, 4.69) is 26.8 Å². The zero-order valence-corrected chi connectivity index (χ0v) is 16.8. The molecule has 0 atom stereocenters. The first-order chi connectivity index (χ1) is 13.0. The maximum atomic E-state index is 12.5. The Morgan fingerprint density at radius 3 is 2.59 bits per heavy atom. The Morgan fingerprint density at radius 2 is 1.93 bits per heavy atom. The van der Waals surface area contributed by atoms with Crippen molar-refractivity contribution >= 4 is 49.4 Å². The van der Waals surface area contributed by atoms with E-state index in [0.29, 0.717) is 22.5 Å². The molecule has 0 fully saturated rings. The highest BCUT2D eigenvalue weighted by Gasteiger charge is 2.12. The molecule has 0 bridgehead atoms. The number of esters is 1. The molecule has 0 spiro atoms. The molecule has 3 aromatic rings. The molecule has 27 heavy (non-hydrogen) atoms. The highest BCUT2D eigenvalue weighted by Crippen LogP contribution is 2.20. The fourth-order valence-corrected chi connectivity index (χ4v) is 3.82. The lowest BCUT2D eigenvalue weighted by molar-refractivity contribution is 0.0526. The second-order valence-corrected chi connectivity index (χ2v) is 7.43. The molecular formula is C20H15BrN2O3S. The van der Waals surface area contributed by atoms with Crippen LogP contribution in [0, 0.1) is 12.3 Å². The highest BCUT2D eigenvalue weighted by atomic mass is 79.9. The van der Waals surface area contributed by atoms with Crippen LogP contribution in [0.4, 0.5) is 0 Å². The van der Waals surface area contributed by atoms with Crippen LogP contribution < -0.4 is 4.80 Å². The first-order valence-electron chi connectivity index (χ1n) is 8.12. The van der Waals surface area contributed by atoms with Gasteiger partial charge in [0.05, 0.1) is 28.9 Å². The summed E-state index contributed by atoms with van der Waals surface area (Å²) in [5, 5.41) is 0. The maximum Gasteiger partial charge on any atom is 0.338 e. The summed E-state index contributed by atoms with van der Waals surface area (Å²) in [6.07, 6.45) is 5.48. The number of nitrogens with zero attached hydrogens (tertiary/aromatic N) is 2. The first-order valence-corrected chi connectivity index (χ1v) is 9.73. The molecule has 1 aromatic heterocycles. The minimum atomic E-state index is -0.388. The summed E-state index contributed by atoms with van der Waals surface area (Å²) >= 11 is 4.64. The molecule has 0 saturated carbocycles. The molecule has 3 rings (SSSR count). The van der Waals surface area contributed by atoms with Gasteiger partial charge in [-0.2, -0.15) is 4.99 Å². The van der Waals surface area contributed by atoms with E-state index in [1.807, 2.05) is 0 Å². The minimum absolute atomic E-state index is 0.269. The monoisotopic (exact) mass is 442 g/mol. The average Bonchev–Trinajstić information content (AvgIpc) is 2.99. The molecule has 0 saturated heterocycles. The second-order valence-electron chi connectivity index (χ2n) is 5.50. The van der Waals surface area contributed by atoms with Crippen molar-refractivity contribution in [3.63, 3.8) is 0 Å². The number of fused-ring (bicyclic) bond motifs is 1. The summed E-state index contributed by atoms with van der Waals surface area (Å²) in [5.41, 5.74) is 1.74. The molecule has 2 aromatic carbocycles. The van der Waals surface area contributed by atoms with E-state index in [-0.39, 0.29) is 18.4 Å². The summed E-state index contributed by atoms with van der Waals surface area (Å²) < 4.78 is 8.51. The third kappa shape index (κ3) is 4.18. The predicted molar refractivity (Wildman–Crippen MR) is 109 cm³/mol. The normalized spacial score (nSPS) is 11.4. The molecular weight excluding hydrogens is 428 g/mol. The Hall–Kier alpha value is -2.69. The molecule has 5 nitrogen and oxygen atoms in total. The number of hydrogen-bond acceptors (Lipinski definition) is 4. The Morgan fingerprint density at radius 1 is 1.22 bits per heavy atom. The van der Waals surface area contributed by atoms with Crippen LogP contribution in [0.1, 0.15) is 27.6 Å². The lowest BCUT2D eigenvalue weighted by atomic mass is 10.2. The number of halogens is 1. The van der Waals surface area contributed by atoms with Crippen LogP contribution in [0.2, 0.25) is 0 Å². The number of thiazole rings is 1. The summed E-state index contributed by atoms with van der Waals surface area (Å²) in [6, 6.07) is 12.2. The molecule has 1 amide bonds. The van der Waals surface area contributed by atoms with Crippen molar-refractivity contribution in [3.8, 4) is 12.3 Å². The molecule has 0 N–H and O–H groups in total. The number of carbonyl (C=O) groups is 2. The van der Waals surface area contributed by atoms with E-state index in [1.54, 1.807) is 54.0 Å². The topological polar surface area (TPSA) is 60.7 Å². The van der Waals surface area contributed by atoms with Gasteiger partial charge in [-0.25, -0.2) is 4.79 Å². The van der Waals surface area contributed by atoms with E-state index in [1.165, 1.54) is 11.3 Å². The van der Waals surface area contributed by atoms with Gasteiger partial charge in [-0.3, -0.25) is 4.79 Å². The number of ether oxygens (including phenoxy) is 1. The van der Waals surface area contributed by atoms with Crippen molar-refractivity contribution in [2.45, 2.75) is 13.5 Å². The van der Waals surface area contributed by atoms with Gasteiger partial charge in [0.2, 0.25) is 0 Å². The van der Waals surface area contributed by atoms with Gasteiger partial charge in [-0.05, 0) is 49.4 Å². The number of carbonyl (C=O) groups excluding carboxylic acids is 2. The van der Waals surface area contributed by atoms with Crippen LogP contribution in [-0.2, 0) is 11.3 Å². The van der Waals surface area contributed by atoms with E-state index < -0.39 is 0 Å². The van der Waals surface area contributed by atoms with Crippen molar-refractivity contribution in [1.82, 2.24) is 4.57 Å². The van der Waals surface area contributed by atoms with Gasteiger partial charge in [-0.1, -0.05) is 33.2 Å². The predicted octanol–water partition coefficient (Wildman–Crippen LogP) is 4.02. The summed E-state index contributed by atoms with van der Waals surface area (Å²) in [5.74, 6) is 1.84. The summed E-state index contributed by atoms with van der Waals surface area (Å²) in [4.78, 5) is 29.2. The van der Waals surface area contributed by atoms with Crippen LogP contribution in [0.15, 0.2) is 51.9 Å². The lowest BCUT2D eigenvalue weighted by Gasteiger charge is -2.03. The molecule has 7 heteroatoms. The van der Waals surface area contributed by atoms with E-state index >= 15 is 0 Å². The molecule has 0 aliphatic rings. The molecule has 0 radical (unpaired) electrons. The molecule has 0 aliphatic heterocycles. The minimum Gasteiger partial charge on any atom is -0.462 e. The summed E-state index contributed by atoms with van der Waals surface area (Å²) in [7, 11) is 0. The Labute approximate surface area is 168 Å². The summed E-state index contributed by atoms with van der Waals surface area (Å²) in [6.45, 7) is 2.33. The van der Waals surface area contributed by atoms with Gasteiger partial charge in [0.15, 0.2) is 4.80 Å². The average molecular weight is 443 g/mol. The number of rotatable bonds is 4. The Balaban J connectivity index is 2.09. The van der Waals surface area contributed by atoms with E-state index in [0.717, 1.165) is 14.7 Å². The SMILES string of the molecule is C#CCn1c(=NC(=O)c2ccc(Br)cc2)sc2cc(C(=O)OCC)ccc21. The number of benzene rings is 2. The van der Waals surface area contributed by atoms with Gasteiger partial charge in [0, 0.05) is 10.0 Å². The molecule has 136 valence electrons. The zero-order valence-electron chi connectivity index (χ0n) is 14.4. The first kappa shape index (κ1) is 19.1. The number of hydrogen-bond donors (Lipinski definition) is 0. The number of amides is 1. The Bertz CT molecular complexity index is 1120. The maximum absolute atomic E-state index is 12.5. The van der Waals surface area contributed by atoms with E-state index in [4.69, 9.17) is 11.2 Å². The van der Waals surface area contributed by atoms with E-state index in [9.17, 15) is 9.59 Å². The molecule has 0 unspecified atom stereocenters. The standard InChI is InChI=1S/C20H15BrN2O3S/c1-3-11-23-16-10-7-14(19(25)26-4-2)12-17(16)27-20(23)22-18(24)13-5-8-15(21)9-6-13/h1,5-10,12H,4,11H2,2H3. The molecule has 0 aliphatic carbocycles. The van der Waals surface area contributed by atoms with Crippen LogP contribution in [0.25, 0.3) is 10.2 Å². The van der Waals surface area contributed by atoms with Crippen molar-refractivity contribution in [2.75, 3.05) is 6.61 Å². The lowest BCUT2D eigenvalue weighted by Crippen LogP contribution is -2.16. The largest absolute Gasteiger partial charge is 0.462 e. The van der Waals surface area contributed by atoms with Gasteiger partial charge in [0.1, 0.15) is 0 Å². The zero-order chi connectivity index (χ0) is 19.4. The number of terminal acetylenes is 1. The van der Waals surface area contributed by atoms with Gasteiger partial charge in [0.25, 0.3) is 5.91 Å². The van der Waals surface area contributed by atoms with Crippen molar-refractivity contribution in [2.24, 2.45) is 4.99 Å². The van der Waals surface area contributed by atoms with Crippen LogP contribution in [0.3, 0.4) is 0 Å².